The fourth-order valence-electron chi connectivity index (χ4n) is 1.33. The number of hydrogen-bond donors (Lipinski definition) is 3. The lowest BCUT2D eigenvalue weighted by Crippen LogP contribution is -2.37. The van der Waals surface area contributed by atoms with Gasteiger partial charge in [0.15, 0.2) is 0 Å². The number of nitrogens with one attached hydrogen (secondary N) is 3. The lowest BCUT2D eigenvalue weighted by molar-refractivity contribution is -0.123. The first kappa shape index (κ1) is 14.7. The lowest BCUT2D eigenvalue weighted by Gasteiger charge is -2.09. The molecule has 0 heterocycles. The van der Waals surface area contributed by atoms with Crippen LogP contribution >= 0.6 is 15.9 Å². The highest BCUT2D eigenvalue weighted by molar-refractivity contribution is 9.10. The van der Waals surface area contributed by atoms with Gasteiger partial charge < -0.3 is 16.0 Å². The van der Waals surface area contributed by atoms with Gasteiger partial charge in [-0.15, -0.1) is 0 Å². The molecule has 18 heavy (non-hydrogen) atoms. The van der Waals surface area contributed by atoms with Crippen LogP contribution in [0.2, 0.25) is 0 Å². The molecule has 1 rings (SSSR count). The molecule has 3 N–H and O–H groups in total. The molecule has 0 radical (unpaired) electrons. The zero-order valence-electron chi connectivity index (χ0n) is 10.3. The van der Waals surface area contributed by atoms with Crippen LogP contribution in [0.15, 0.2) is 22.7 Å². The number of carbonyl (C=O) groups is 2. The van der Waals surface area contributed by atoms with Crippen molar-refractivity contribution in [1.82, 2.24) is 10.6 Å². The van der Waals surface area contributed by atoms with E-state index in [-0.39, 0.29) is 24.9 Å². The topological polar surface area (TPSA) is 70.2 Å². The third-order valence-electron chi connectivity index (χ3n) is 2.26. The van der Waals surface area contributed by atoms with E-state index >= 15 is 0 Å². The Hall–Kier alpha value is -1.40. The Kier molecular flexibility index (Phi) is 5.80. The van der Waals surface area contributed by atoms with E-state index in [9.17, 15) is 9.59 Å². The summed E-state index contributed by atoms with van der Waals surface area (Å²) in [6.07, 6.45) is 0. The van der Waals surface area contributed by atoms with Crippen molar-refractivity contribution in [1.29, 1.82) is 0 Å². The van der Waals surface area contributed by atoms with Gasteiger partial charge in [0.05, 0.1) is 13.1 Å². The molecule has 0 aliphatic rings. The maximum Gasteiger partial charge on any atom is 0.243 e. The van der Waals surface area contributed by atoms with E-state index in [4.69, 9.17) is 0 Å². The van der Waals surface area contributed by atoms with E-state index in [1.165, 1.54) is 0 Å². The molecule has 0 unspecified atom stereocenters. The zero-order chi connectivity index (χ0) is 13.5. The molecule has 0 aromatic heterocycles. The van der Waals surface area contributed by atoms with Gasteiger partial charge >= 0.3 is 0 Å². The van der Waals surface area contributed by atoms with Crippen LogP contribution in [0.25, 0.3) is 0 Å². The fourth-order valence-corrected chi connectivity index (χ4v) is 1.69. The highest BCUT2D eigenvalue weighted by Crippen LogP contribution is 2.20. The highest BCUT2D eigenvalue weighted by Gasteiger charge is 2.07. The van der Waals surface area contributed by atoms with Crippen molar-refractivity contribution in [2.45, 2.75) is 6.92 Å². The normalized spacial score (nSPS) is 9.94. The SMILES string of the molecule is CNCC(=O)NCC(=O)Nc1cc(Br)ccc1C. The molecule has 0 saturated heterocycles. The summed E-state index contributed by atoms with van der Waals surface area (Å²) in [5.74, 6) is -0.459. The number of anilines is 1. The Labute approximate surface area is 114 Å². The van der Waals surface area contributed by atoms with Crippen LogP contribution in [-0.2, 0) is 9.59 Å². The second-order valence-electron chi connectivity index (χ2n) is 3.81. The molecule has 0 spiro atoms. The summed E-state index contributed by atoms with van der Waals surface area (Å²) in [5.41, 5.74) is 1.70. The molecule has 0 aliphatic carbocycles. The predicted molar refractivity (Wildman–Crippen MR) is 74.4 cm³/mol. The molecule has 1 aromatic rings. The highest BCUT2D eigenvalue weighted by atomic mass is 79.9. The largest absolute Gasteiger partial charge is 0.346 e. The summed E-state index contributed by atoms with van der Waals surface area (Å²) in [7, 11) is 1.67. The number of benzene rings is 1. The van der Waals surface area contributed by atoms with Crippen molar-refractivity contribution in [3.8, 4) is 0 Å². The van der Waals surface area contributed by atoms with Crippen molar-refractivity contribution in [3.63, 3.8) is 0 Å². The monoisotopic (exact) mass is 313 g/mol. The molecule has 0 fully saturated rings. The maximum atomic E-state index is 11.6. The Balaban J connectivity index is 2.49. The van der Waals surface area contributed by atoms with Gasteiger partial charge in [-0.1, -0.05) is 22.0 Å². The number of rotatable bonds is 5. The van der Waals surface area contributed by atoms with Crippen LogP contribution in [0.4, 0.5) is 5.69 Å². The minimum atomic E-state index is -0.249. The number of hydrogen-bond acceptors (Lipinski definition) is 3. The van der Waals surface area contributed by atoms with Crippen LogP contribution in [0.5, 0.6) is 0 Å². The van der Waals surface area contributed by atoms with E-state index in [0.29, 0.717) is 0 Å². The van der Waals surface area contributed by atoms with Gasteiger partial charge in [0, 0.05) is 10.2 Å². The molecule has 0 saturated carbocycles. The standard InChI is InChI=1S/C12H16BrN3O2/c1-8-3-4-9(13)5-10(8)16-12(18)7-15-11(17)6-14-2/h3-5,14H,6-7H2,1-2H3,(H,15,17)(H,16,18). The summed E-state index contributed by atoms with van der Waals surface area (Å²) in [5, 5.41) is 7.96. The van der Waals surface area contributed by atoms with Crippen molar-refractivity contribution >= 4 is 33.4 Å². The average Bonchev–Trinajstić information content (AvgIpc) is 2.32. The summed E-state index contributed by atoms with van der Waals surface area (Å²) in [6, 6.07) is 5.63. The molecule has 2 amide bonds. The van der Waals surface area contributed by atoms with Gasteiger partial charge in [0.25, 0.3) is 0 Å². The predicted octanol–water partition coefficient (Wildman–Crippen LogP) is 1.03. The third-order valence-corrected chi connectivity index (χ3v) is 2.75. The van der Waals surface area contributed by atoms with E-state index in [1.807, 2.05) is 25.1 Å². The van der Waals surface area contributed by atoms with E-state index in [2.05, 4.69) is 31.9 Å². The first-order chi connectivity index (χ1) is 8.52. The van der Waals surface area contributed by atoms with Crippen molar-refractivity contribution in [2.75, 3.05) is 25.5 Å². The number of carbonyl (C=O) groups excluding carboxylic acids is 2. The first-order valence-corrected chi connectivity index (χ1v) is 6.29. The quantitative estimate of drug-likeness (QED) is 0.760. The van der Waals surface area contributed by atoms with Crippen LogP contribution in [-0.4, -0.2) is 32.0 Å². The van der Waals surface area contributed by atoms with Gasteiger partial charge in [-0.25, -0.2) is 0 Å². The average molecular weight is 314 g/mol. The van der Waals surface area contributed by atoms with Crippen LogP contribution in [0.3, 0.4) is 0 Å². The van der Waals surface area contributed by atoms with Gasteiger partial charge in [-0.3, -0.25) is 9.59 Å². The number of amides is 2. The van der Waals surface area contributed by atoms with Crippen molar-refractivity contribution in [3.05, 3.63) is 28.2 Å². The van der Waals surface area contributed by atoms with Crippen LogP contribution < -0.4 is 16.0 Å². The van der Waals surface area contributed by atoms with E-state index in [0.717, 1.165) is 15.7 Å². The lowest BCUT2D eigenvalue weighted by atomic mass is 10.2. The molecule has 0 aliphatic heterocycles. The Morgan fingerprint density at radius 1 is 1.22 bits per heavy atom. The second kappa shape index (κ2) is 7.13. The fraction of sp³-hybridized carbons (Fsp3) is 0.333. The molecule has 0 atom stereocenters. The van der Waals surface area contributed by atoms with Gasteiger partial charge in [0.1, 0.15) is 0 Å². The van der Waals surface area contributed by atoms with Crippen LogP contribution in [0.1, 0.15) is 5.56 Å². The molecule has 98 valence electrons. The molecule has 0 bridgehead atoms. The second-order valence-corrected chi connectivity index (χ2v) is 4.73. The maximum absolute atomic E-state index is 11.6. The summed E-state index contributed by atoms with van der Waals surface area (Å²) >= 11 is 3.34. The van der Waals surface area contributed by atoms with Crippen LogP contribution in [0, 0.1) is 6.92 Å². The molecule has 5 nitrogen and oxygen atoms in total. The molecule has 6 heteroatoms. The molecular weight excluding hydrogens is 298 g/mol. The Morgan fingerprint density at radius 3 is 2.61 bits per heavy atom. The third kappa shape index (κ3) is 4.85. The Morgan fingerprint density at radius 2 is 1.94 bits per heavy atom. The van der Waals surface area contributed by atoms with Crippen molar-refractivity contribution < 1.29 is 9.59 Å². The number of aryl methyl sites for hydroxylation is 1. The zero-order valence-corrected chi connectivity index (χ0v) is 11.9. The molecule has 1 aromatic carbocycles. The summed E-state index contributed by atoms with van der Waals surface area (Å²) in [4.78, 5) is 22.8. The minimum Gasteiger partial charge on any atom is -0.346 e. The minimum absolute atomic E-state index is 0.0353. The first-order valence-electron chi connectivity index (χ1n) is 5.50. The summed E-state index contributed by atoms with van der Waals surface area (Å²) < 4.78 is 0.891. The van der Waals surface area contributed by atoms with Gasteiger partial charge in [-0.2, -0.15) is 0 Å². The van der Waals surface area contributed by atoms with Crippen molar-refractivity contribution in [2.24, 2.45) is 0 Å². The van der Waals surface area contributed by atoms with Gasteiger partial charge in [0.2, 0.25) is 11.8 Å². The number of likely N-dealkylation sites (N-methyl/N-ethyl adjacent to an activating group) is 1. The van der Waals surface area contributed by atoms with E-state index < -0.39 is 0 Å². The van der Waals surface area contributed by atoms with Gasteiger partial charge in [-0.05, 0) is 31.7 Å². The van der Waals surface area contributed by atoms with E-state index in [1.54, 1.807) is 7.05 Å². The molecular formula is C12H16BrN3O2. The summed E-state index contributed by atoms with van der Waals surface area (Å²) in [6.45, 7) is 2.07. The number of halogens is 1. The Bertz CT molecular complexity index is 449. The smallest absolute Gasteiger partial charge is 0.243 e.